The fraction of sp³-hybridized carbons (Fsp3) is 0.350. The van der Waals surface area contributed by atoms with E-state index in [4.69, 9.17) is 16.3 Å². The number of ether oxygens (including phenoxy) is 1. The topological polar surface area (TPSA) is 29.5 Å². The number of carbonyl (C=O) groups is 1. The van der Waals surface area contributed by atoms with Gasteiger partial charge in [-0.3, -0.25) is 4.79 Å². The number of nitrogens with zero attached hydrogens (tertiary/aromatic N) is 1. The zero-order chi connectivity index (χ0) is 16.8. The first-order valence-corrected chi connectivity index (χ1v) is 8.76. The molecule has 0 aromatic heterocycles. The van der Waals surface area contributed by atoms with E-state index in [1.54, 1.807) is 12.1 Å². The molecule has 0 saturated carbocycles. The predicted molar refractivity (Wildman–Crippen MR) is 96.2 cm³/mol. The number of carbonyl (C=O) groups excluding carboxylic acids is 1. The molecule has 126 valence electrons. The van der Waals surface area contributed by atoms with E-state index in [0.29, 0.717) is 29.7 Å². The molecule has 1 amide bonds. The Morgan fingerprint density at radius 3 is 2.79 bits per heavy atom. The van der Waals surface area contributed by atoms with Crippen LogP contribution in [-0.2, 0) is 11.3 Å². The van der Waals surface area contributed by atoms with Gasteiger partial charge in [-0.2, -0.15) is 0 Å². The van der Waals surface area contributed by atoms with Crippen LogP contribution in [-0.4, -0.2) is 30.5 Å². The third-order valence-electron chi connectivity index (χ3n) is 4.34. The molecule has 2 aromatic rings. The number of benzene rings is 2. The van der Waals surface area contributed by atoms with Gasteiger partial charge in [-0.1, -0.05) is 48.0 Å². The number of hydrogen-bond donors (Lipinski definition) is 0. The van der Waals surface area contributed by atoms with Crippen LogP contribution in [0.2, 0.25) is 5.02 Å². The molecule has 0 spiro atoms. The van der Waals surface area contributed by atoms with E-state index in [9.17, 15) is 4.79 Å². The van der Waals surface area contributed by atoms with Gasteiger partial charge >= 0.3 is 0 Å². The van der Waals surface area contributed by atoms with Crippen molar-refractivity contribution in [2.75, 3.05) is 19.7 Å². The molecule has 4 heteroatoms. The molecule has 1 atom stereocenters. The minimum atomic E-state index is 0.0604. The van der Waals surface area contributed by atoms with Crippen molar-refractivity contribution in [3.63, 3.8) is 0 Å². The lowest BCUT2D eigenvalue weighted by molar-refractivity contribution is 0.0425. The highest BCUT2D eigenvalue weighted by Gasteiger charge is 2.24. The monoisotopic (exact) mass is 343 g/mol. The van der Waals surface area contributed by atoms with Gasteiger partial charge in [-0.25, -0.2) is 0 Å². The van der Waals surface area contributed by atoms with Crippen LogP contribution in [0.1, 0.15) is 28.8 Å². The maximum Gasteiger partial charge on any atom is 0.253 e. The second-order valence-corrected chi connectivity index (χ2v) is 6.71. The third-order valence-corrected chi connectivity index (χ3v) is 4.58. The van der Waals surface area contributed by atoms with Gasteiger partial charge in [0.25, 0.3) is 5.91 Å². The van der Waals surface area contributed by atoms with Crippen LogP contribution in [0.3, 0.4) is 0 Å². The Morgan fingerprint density at radius 1 is 1.17 bits per heavy atom. The summed E-state index contributed by atoms with van der Waals surface area (Å²) in [6.45, 7) is 2.87. The molecule has 24 heavy (non-hydrogen) atoms. The highest BCUT2D eigenvalue weighted by atomic mass is 35.5. The summed E-state index contributed by atoms with van der Waals surface area (Å²) in [6, 6.07) is 17.3. The van der Waals surface area contributed by atoms with Crippen molar-refractivity contribution in [1.82, 2.24) is 4.90 Å². The number of halogens is 1. The Balaban J connectivity index is 1.51. The van der Waals surface area contributed by atoms with Crippen LogP contribution in [0.25, 0.3) is 0 Å². The van der Waals surface area contributed by atoms with Crippen molar-refractivity contribution in [2.24, 2.45) is 5.92 Å². The van der Waals surface area contributed by atoms with Crippen molar-refractivity contribution in [3.05, 3.63) is 70.7 Å². The Bertz CT molecular complexity index is 674. The molecule has 1 heterocycles. The Hall–Kier alpha value is -1.84. The van der Waals surface area contributed by atoms with E-state index < -0.39 is 0 Å². The van der Waals surface area contributed by atoms with Gasteiger partial charge in [0.2, 0.25) is 0 Å². The van der Waals surface area contributed by atoms with Crippen LogP contribution in [0, 0.1) is 5.92 Å². The lowest BCUT2D eigenvalue weighted by Crippen LogP contribution is -2.41. The summed E-state index contributed by atoms with van der Waals surface area (Å²) in [5, 5.41) is 0.598. The van der Waals surface area contributed by atoms with E-state index >= 15 is 0 Å². The van der Waals surface area contributed by atoms with Gasteiger partial charge in [0.15, 0.2) is 0 Å². The normalized spacial score (nSPS) is 17.7. The summed E-state index contributed by atoms with van der Waals surface area (Å²) >= 11 is 5.99. The number of piperidine rings is 1. The molecule has 0 N–H and O–H groups in total. The quantitative estimate of drug-likeness (QED) is 0.804. The van der Waals surface area contributed by atoms with Gasteiger partial charge in [0.05, 0.1) is 13.2 Å². The molecule has 3 nitrogen and oxygen atoms in total. The lowest BCUT2D eigenvalue weighted by atomic mass is 9.98. The molecule has 1 fully saturated rings. The minimum absolute atomic E-state index is 0.0604. The van der Waals surface area contributed by atoms with Gasteiger partial charge < -0.3 is 9.64 Å². The molecule has 0 aliphatic carbocycles. The highest BCUT2D eigenvalue weighted by molar-refractivity contribution is 6.30. The zero-order valence-corrected chi connectivity index (χ0v) is 14.4. The summed E-state index contributed by atoms with van der Waals surface area (Å²) in [5.74, 6) is 0.454. The third kappa shape index (κ3) is 4.59. The van der Waals surface area contributed by atoms with Crippen LogP contribution < -0.4 is 0 Å². The molecule has 0 radical (unpaired) electrons. The standard InChI is InChI=1S/C20H22ClNO2/c21-19-10-4-9-18(12-19)20(23)22-11-5-8-17(13-22)15-24-14-16-6-2-1-3-7-16/h1-4,6-7,9-10,12,17H,5,8,11,13-15H2. The van der Waals surface area contributed by atoms with E-state index in [2.05, 4.69) is 12.1 Å². The van der Waals surface area contributed by atoms with E-state index in [0.717, 1.165) is 25.9 Å². The van der Waals surface area contributed by atoms with E-state index in [1.165, 1.54) is 5.56 Å². The van der Waals surface area contributed by atoms with E-state index in [1.807, 2.05) is 35.2 Å². The molecule has 3 rings (SSSR count). The molecule has 1 aliphatic heterocycles. The summed E-state index contributed by atoms with van der Waals surface area (Å²) in [7, 11) is 0. The summed E-state index contributed by atoms with van der Waals surface area (Å²) in [4.78, 5) is 14.5. The SMILES string of the molecule is O=C(c1cccc(Cl)c1)N1CCCC(COCc2ccccc2)C1. The number of rotatable bonds is 5. The molecule has 1 unspecified atom stereocenters. The fourth-order valence-corrected chi connectivity index (χ4v) is 3.30. The smallest absolute Gasteiger partial charge is 0.253 e. The molecular formula is C20H22ClNO2. The molecule has 0 bridgehead atoms. The Labute approximate surface area is 148 Å². The number of hydrogen-bond acceptors (Lipinski definition) is 2. The van der Waals surface area contributed by atoms with Crippen LogP contribution in [0.15, 0.2) is 54.6 Å². The van der Waals surface area contributed by atoms with Crippen molar-refractivity contribution in [2.45, 2.75) is 19.4 Å². The van der Waals surface area contributed by atoms with Gasteiger partial charge in [0.1, 0.15) is 0 Å². The predicted octanol–water partition coefficient (Wildman–Crippen LogP) is 4.41. The molecule has 2 aromatic carbocycles. The van der Waals surface area contributed by atoms with E-state index in [-0.39, 0.29) is 5.91 Å². The van der Waals surface area contributed by atoms with Crippen LogP contribution in [0.4, 0.5) is 0 Å². The average molecular weight is 344 g/mol. The van der Waals surface area contributed by atoms with Crippen molar-refractivity contribution in [1.29, 1.82) is 0 Å². The maximum absolute atomic E-state index is 12.6. The Kier molecular flexibility index (Phi) is 5.89. The van der Waals surface area contributed by atoms with Crippen molar-refractivity contribution < 1.29 is 9.53 Å². The van der Waals surface area contributed by atoms with Crippen LogP contribution >= 0.6 is 11.6 Å². The second kappa shape index (κ2) is 8.32. The molecule has 1 saturated heterocycles. The minimum Gasteiger partial charge on any atom is -0.376 e. The summed E-state index contributed by atoms with van der Waals surface area (Å²) < 4.78 is 5.85. The maximum atomic E-state index is 12.6. The molecular weight excluding hydrogens is 322 g/mol. The average Bonchev–Trinajstić information content (AvgIpc) is 2.62. The first-order valence-electron chi connectivity index (χ1n) is 8.39. The van der Waals surface area contributed by atoms with Crippen molar-refractivity contribution in [3.8, 4) is 0 Å². The zero-order valence-electron chi connectivity index (χ0n) is 13.7. The summed E-state index contributed by atoms with van der Waals surface area (Å²) in [6.07, 6.45) is 2.12. The highest BCUT2D eigenvalue weighted by Crippen LogP contribution is 2.20. The van der Waals surface area contributed by atoms with Gasteiger partial charge in [-0.05, 0) is 42.5 Å². The Morgan fingerprint density at radius 2 is 2.00 bits per heavy atom. The first kappa shape index (κ1) is 17.0. The van der Waals surface area contributed by atoms with Gasteiger partial charge in [-0.15, -0.1) is 0 Å². The first-order chi connectivity index (χ1) is 11.7. The van der Waals surface area contributed by atoms with Gasteiger partial charge in [0, 0.05) is 23.7 Å². The van der Waals surface area contributed by atoms with Crippen molar-refractivity contribution >= 4 is 17.5 Å². The fourth-order valence-electron chi connectivity index (χ4n) is 3.11. The van der Waals surface area contributed by atoms with Crippen LogP contribution in [0.5, 0.6) is 0 Å². The molecule has 1 aliphatic rings. The summed E-state index contributed by atoms with van der Waals surface area (Å²) in [5.41, 5.74) is 1.84. The largest absolute Gasteiger partial charge is 0.376 e. The lowest BCUT2D eigenvalue weighted by Gasteiger charge is -2.32. The second-order valence-electron chi connectivity index (χ2n) is 6.27. The number of amides is 1. The number of likely N-dealkylation sites (tertiary alicyclic amines) is 1.